The molecule has 11 heteroatoms. The molecule has 1 aliphatic rings. The summed E-state index contributed by atoms with van der Waals surface area (Å²) < 4.78 is 16.5. The molecule has 1 heterocycles. The number of methoxy groups -OCH3 is 2. The number of amides is 3. The second-order valence-electron chi connectivity index (χ2n) is 7.77. The highest BCUT2D eigenvalue weighted by Crippen LogP contribution is 2.34. The average Bonchev–Trinajstić information content (AvgIpc) is 3.20. The SMILES string of the molecule is COc1ccccc1NC(=O)COc1ccc(/C=C2/SC(=S)N(NC(=O)c3ccccc3)C2=O)cc1OC. The lowest BCUT2D eigenvalue weighted by molar-refractivity contribution is -0.123. The van der Waals surface area contributed by atoms with Crippen molar-refractivity contribution in [2.45, 2.75) is 0 Å². The van der Waals surface area contributed by atoms with E-state index in [1.165, 1.54) is 14.2 Å². The minimum Gasteiger partial charge on any atom is -0.495 e. The van der Waals surface area contributed by atoms with E-state index in [2.05, 4.69) is 10.7 Å². The number of thioether (sulfide) groups is 1. The quantitative estimate of drug-likeness (QED) is 0.301. The Balaban J connectivity index is 1.41. The molecule has 1 aliphatic heterocycles. The van der Waals surface area contributed by atoms with Gasteiger partial charge in [0.1, 0.15) is 5.75 Å². The molecule has 0 saturated carbocycles. The Bertz CT molecular complexity index is 1410. The van der Waals surface area contributed by atoms with Gasteiger partial charge in [-0.1, -0.05) is 48.2 Å². The molecule has 4 rings (SSSR count). The summed E-state index contributed by atoms with van der Waals surface area (Å²) >= 11 is 6.36. The van der Waals surface area contributed by atoms with Crippen LogP contribution in [0.5, 0.6) is 17.2 Å². The van der Waals surface area contributed by atoms with Gasteiger partial charge in [0.25, 0.3) is 17.7 Å². The summed E-state index contributed by atoms with van der Waals surface area (Å²) in [7, 11) is 2.99. The van der Waals surface area contributed by atoms with Crippen molar-refractivity contribution in [3.63, 3.8) is 0 Å². The number of ether oxygens (including phenoxy) is 3. The summed E-state index contributed by atoms with van der Waals surface area (Å²) in [5.41, 5.74) is 4.12. The maximum absolute atomic E-state index is 12.9. The van der Waals surface area contributed by atoms with Crippen LogP contribution in [0.25, 0.3) is 6.08 Å². The monoisotopic (exact) mass is 549 g/mol. The molecular formula is C27H23N3O6S2. The largest absolute Gasteiger partial charge is 0.495 e. The summed E-state index contributed by atoms with van der Waals surface area (Å²) in [5, 5.41) is 3.79. The van der Waals surface area contributed by atoms with Gasteiger partial charge in [-0.15, -0.1) is 0 Å². The Morgan fingerprint density at radius 3 is 2.39 bits per heavy atom. The standard InChI is InChI=1S/C27H23N3O6S2/c1-34-20-11-7-6-10-19(20)28-24(31)16-36-21-13-12-17(14-22(21)35-2)15-23-26(33)30(27(37)38-23)29-25(32)18-8-4-3-5-9-18/h3-15H,16H2,1-2H3,(H,28,31)(H,29,32)/b23-15+. The second kappa shape index (κ2) is 12.3. The van der Waals surface area contributed by atoms with Crippen LogP contribution in [0.4, 0.5) is 5.69 Å². The van der Waals surface area contributed by atoms with Gasteiger partial charge in [-0.05, 0) is 60.3 Å². The van der Waals surface area contributed by atoms with E-state index in [0.717, 1.165) is 16.8 Å². The molecule has 0 spiro atoms. The number of hydrazine groups is 1. The molecule has 38 heavy (non-hydrogen) atoms. The third-order valence-electron chi connectivity index (χ3n) is 5.27. The summed E-state index contributed by atoms with van der Waals surface area (Å²) in [6.45, 7) is -0.256. The van der Waals surface area contributed by atoms with Crippen LogP contribution in [0.3, 0.4) is 0 Å². The fraction of sp³-hybridized carbons (Fsp3) is 0.111. The van der Waals surface area contributed by atoms with E-state index < -0.39 is 11.8 Å². The van der Waals surface area contributed by atoms with Gasteiger partial charge in [-0.25, -0.2) is 0 Å². The molecule has 0 bridgehead atoms. The van der Waals surface area contributed by atoms with Crippen molar-refractivity contribution < 1.29 is 28.6 Å². The first kappa shape index (κ1) is 26.7. The highest BCUT2D eigenvalue weighted by atomic mass is 32.2. The van der Waals surface area contributed by atoms with Crippen LogP contribution in [0, 0.1) is 0 Å². The molecule has 3 amide bonds. The van der Waals surface area contributed by atoms with Crippen LogP contribution in [-0.4, -0.2) is 47.9 Å². The Morgan fingerprint density at radius 2 is 1.66 bits per heavy atom. The Hall–Kier alpha value is -4.35. The van der Waals surface area contributed by atoms with Crippen molar-refractivity contribution >= 4 is 57.8 Å². The van der Waals surface area contributed by atoms with E-state index >= 15 is 0 Å². The third-order valence-corrected chi connectivity index (χ3v) is 6.57. The first-order chi connectivity index (χ1) is 18.4. The maximum atomic E-state index is 12.9. The van der Waals surface area contributed by atoms with E-state index in [-0.39, 0.29) is 16.8 Å². The Morgan fingerprint density at radius 1 is 0.947 bits per heavy atom. The van der Waals surface area contributed by atoms with Crippen LogP contribution < -0.4 is 25.0 Å². The predicted molar refractivity (Wildman–Crippen MR) is 149 cm³/mol. The van der Waals surface area contributed by atoms with Crippen LogP contribution in [0.1, 0.15) is 15.9 Å². The molecule has 0 aromatic heterocycles. The number of carbonyl (C=O) groups is 3. The molecule has 1 saturated heterocycles. The molecule has 9 nitrogen and oxygen atoms in total. The number of nitrogens with zero attached hydrogens (tertiary/aromatic N) is 1. The van der Waals surface area contributed by atoms with Crippen molar-refractivity contribution in [1.82, 2.24) is 10.4 Å². The van der Waals surface area contributed by atoms with E-state index in [4.69, 9.17) is 26.4 Å². The molecule has 0 radical (unpaired) electrons. The molecule has 2 N–H and O–H groups in total. The lowest BCUT2D eigenvalue weighted by atomic mass is 10.2. The zero-order valence-electron chi connectivity index (χ0n) is 20.4. The molecule has 0 atom stereocenters. The van der Waals surface area contributed by atoms with Crippen LogP contribution in [-0.2, 0) is 9.59 Å². The first-order valence-corrected chi connectivity index (χ1v) is 12.5. The van der Waals surface area contributed by atoms with Gasteiger partial charge in [0.05, 0.1) is 24.8 Å². The molecule has 0 unspecified atom stereocenters. The maximum Gasteiger partial charge on any atom is 0.285 e. The van der Waals surface area contributed by atoms with E-state index in [1.807, 2.05) is 0 Å². The number of hydrogen-bond donors (Lipinski definition) is 2. The average molecular weight is 550 g/mol. The van der Waals surface area contributed by atoms with Gasteiger partial charge < -0.3 is 19.5 Å². The van der Waals surface area contributed by atoms with Crippen LogP contribution in [0.2, 0.25) is 0 Å². The highest BCUT2D eigenvalue weighted by molar-refractivity contribution is 8.26. The zero-order chi connectivity index (χ0) is 27.1. The fourth-order valence-electron chi connectivity index (χ4n) is 3.44. The summed E-state index contributed by atoms with van der Waals surface area (Å²) in [4.78, 5) is 38.1. The number of benzene rings is 3. The minimum absolute atomic E-state index is 0.207. The number of hydrogen-bond acceptors (Lipinski definition) is 8. The molecule has 1 fully saturated rings. The zero-order valence-corrected chi connectivity index (χ0v) is 22.1. The smallest absolute Gasteiger partial charge is 0.285 e. The summed E-state index contributed by atoms with van der Waals surface area (Å²) in [6.07, 6.45) is 1.63. The molecule has 3 aromatic carbocycles. The van der Waals surface area contributed by atoms with Crippen molar-refractivity contribution in [3.8, 4) is 17.2 Å². The number of nitrogens with one attached hydrogen (secondary N) is 2. The Labute approximate surface area is 228 Å². The van der Waals surface area contributed by atoms with Crippen molar-refractivity contribution in [1.29, 1.82) is 0 Å². The van der Waals surface area contributed by atoms with Crippen molar-refractivity contribution in [2.75, 3.05) is 26.1 Å². The van der Waals surface area contributed by atoms with Gasteiger partial charge >= 0.3 is 0 Å². The van der Waals surface area contributed by atoms with E-state index in [1.54, 1.807) is 78.9 Å². The van der Waals surface area contributed by atoms with Gasteiger partial charge in [0.2, 0.25) is 0 Å². The third kappa shape index (κ3) is 6.31. The minimum atomic E-state index is -0.448. The van der Waals surface area contributed by atoms with Crippen LogP contribution >= 0.6 is 24.0 Å². The van der Waals surface area contributed by atoms with Crippen molar-refractivity contribution in [3.05, 3.63) is 88.8 Å². The van der Waals surface area contributed by atoms with Gasteiger partial charge in [0, 0.05) is 5.56 Å². The second-order valence-corrected chi connectivity index (χ2v) is 9.45. The summed E-state index contributed by atoms with van der Waals surface area (Å²) in [6, 6.07) is 20.6. The molecular weight excluding hydrogens is 526 g/mol. The summed E-state index contributed by atoms with van der Waals surface area (Å²) in [5.74, 6) is -0.00784. The predicted octanol–water partition coefficient (Wildman–Crippen LogP) is 4.27. The number of thiocarbonyl (C=S) groups is 1. The number of para-hydroxylation sites is 2. The van der Waals surface area contributed by atoms with Gasteiger partial charge in [0.15, 0.2) is 22.4 Å². The van der Waals surface area contributed by atoms with Crippen LogP contribution in [0.15, 0.2) is 77.7 Å². The molecule has 194 valence electrons. The number of anilines is 1. The Kier molecular flexibility index (Phi) is 8.62. The first-order valence-electron chi connectivity index (χ1n) is 11.3. The van der Waals surface area contributed by atoms with E-state index in [0.29, 0.717) is 39.0 Å². The number of carbonyl (C=O) groups excluding carboxylic acids is 3. The van der Waals surface area contributed by atoms with Gasteiger partial charge in [-0.3, -0.25) is 19.8 Å². The van der Waals surface area contributed by atoms with Gasteiger partial charge in [-0.2, -0.15) is 5.01 Å². The normalized spacial score (nSPS) is 13.8. The number of rotatable bonds is 9. The van der Waals surface area contributed by atoms with E-state index in [9.17, 15) is 14.4 Å². The highest BCUT2D eigenvalue weighted by Gasteiger charge is 2.33. The lowest BCUT2D eigenvalue weighted by Crippen LogP contribution is -2.44. The molecule has 3 aromatic rings. The fourth-order valence-corrected chi connectivity index (χ4v) is 4.62. The topological polar surface area (TPSA) is 106 Å². The lowest BCUT2D eigenvalue weighted by Gasteiger charge is -2.15. The van der Waals surface area contributed by atoms with Crippen molar-refractivity contribution in [2.24, 2.45) is 0 Å². The molecule has 0 aliphatic carbocycles.